The number of halogens is 3. The molecule has 1 unspecified atom stereocenters. The first-order valence-electron chi connectivity index (χ1n) is 6.53. The van der Waals surface area contributed by atoms with E-state index in [1.165, 1.54) is 11.8 Å². The van der Waals surface area contributed by atoms with Crippen LogP contribution in [-0.2, 0) is 17.8 Å². The van der Waals surface area contributed by atoms with E-state index < -0.39 is 18.8 Å². The third-order valence-electron chi connectivity index (χ3n) is 3.15. The lowest BCUT2D eigenvalue weighted by molar-refractivity contribution is -0.143. The highest BCUT2D eigenvalue weighted by molar-refractivity contribution is 5.79. The molecule has 1 aromatic heterocycles. The molecule has 21 heavy (non-hydrogen) atoms. The van der Waals surface area contributed by atoms with Gasteiger partial charge in [0.1, 0.15) is 6.54 Å². The summed E-state index contributed by atoms with van der Waals surface area (Å²) in [6.07, 6.45) is -5.04. The normalized spacial score (nSPS) is 13.3. The molecule has 1 N–H and O–H groups in total. The van der Waals surface area contributed by atoms with Crippen LogP contribution in [0.4, 0.5) is 13.2 Å². The Morgan fingerprint density at radius 2 is 2.00 bits per heavy atom. The average Bonchev–Trinajstić information content (AvgIpc) is 2.53. The Morgan fingerprint density at radius 3 is 2.48 bits per heavy atom. The van der Waals surface area contributed by atoms with Crippen LogP contribution in [0.25, 0.3) is 0 Å². The van der Waals surface area contributed by atoms with Crippen molar-refractivity contribution in [3.8, 4) is 0 Å². The van der Waals surface area contributed by atoms with Crippen LogP contribution in [0.15, 0.2) is 0 Å². The molecule has 1 heterocycles. The van der Waals surface area contributed by atoms with Crippen molar-refractivity contribution in [3.63, 3.8) is 0 Å². The van der Waals surface area contributed by atoms with Crippen LogP contribution in [0.3, 0.4) is 0 Å². The Labute approximate surface area is 121 Å². The number of nitrogens with zero attached hydrogens (tertiary/aromatic N) is 3. The summed E-state index contributed by atoms with van der Waals surface area (Å²) in [7, 11) is 1.54. The van der Waals surface area contributed by atoms with E-state index in [9.17, 15) is 23.1 Å². The molecule has 0 aromatic carbocycles. The molecule has 0 aliphatic heterocycles. The number of rotatable bonds is 5. The number of carbonyl (C=O) groups is 1. The lowest BCUT2D eigenvalue weighted by Gasteiger charge is -2.18. The van der Waals surface area contributed by atoms with E-state index in [1.54, 1.807) is 20.9 Å². The van der Waals surface area contributed by atoms with Crippen molar-refractivity contribution in [1.82, 2.24) is 14.7 Å². The molecular weight excluding hydrogens is 287 g/mol. The number of carbonyl (C=O) groups excluding carboxylic acids is 1. The highest BCUT2D eigenvalue weighted by atomic mass is 19.4. The lowest BCUT2D eigenvalue weighted by atomic mass is 10.1. The number of hydrogen-bond donors (Lipinski definition) is 1. The van der Waals surface area contributed by atoms with E-state index in [1.807, 2.05) is 0 Å². The molecular formula is C13H20F3N3O2. The van der Waals surface area contributed by atoms with Gasteiger partial charge in [-0.1, -0.05) is 0 Å². The second-order valence-electron chi connectivity index (χ2n) is 5.22. The highest BCUT2D eigenvalue weighted by Crippen LogP contribution is 2.21. The number of amides is 1. The summed E-state index contributed by atoms with van der Waals surface area (Å²) < 4.78 is 38.2. The summed E-state index contributed by atoms with van der Waals surface area (Å²) in [5.74, 6) is -0.270. The molecule has 1 amide bonds. The standard InChI is InChI=1S/C13H20F3N3O2/c1-8(20)6-18(4)12(21)5-11-9(2)17-19(10(11)3)7-13(14,15)16/h8,20H,5-7H2,1-4H3. The number of aryl methyl sites for hydroxylation is 1. The summed E-state index contributed by atoms with van der Waals surface area (Å²) in [6, 6.07) is 0. The van der Waals surface area contributed by atoms with E-state index in [-0.39, 0.29) is 18.9 Å². The first-order valence-corrected chi connectivity index (χ1v) is 6.53. The summed E-state index contributed by atoms with van der Waals surface area (Å²) in [5, 5.41) is 13.1. The van der Waals surface area contributed by atoms with Gasteiger partial charge in [0.05, 0.1) is 18.2 Å². The molecule has 0 radical (unpaired) electrons. The van der Waals surface area contributed by atoms with E-state index in [0.717, 1.165) is 4.68 Å². The number of alkyl halides is 3. The van der Waals surface area contributed by atoms with Crippen molar-refractivity contribution in [2.24, 2.45) is 0 Å². The second kappa shape index (κ2) is 6.46. The smallest absolute Gasteiger partial charge is 0.392 e. The minimum atomic E-state index is -4.35. The molecule has 1 atom stereocenters. The van der Waals surface area contributed by atoms with Gasteiger partial charge in [0.15, 0.2) is 0 Å². The SMILES string of the molecule is Cc1nn(CC(F)(F)F)c(C)c1CC(=O)N(C)CC(C)O. The van der Waals surface area contributed by atoms with Crippen LogP contribution < -0.4 is 0 Å². The van der Waals surface area contributed by atoms with E-state index in [0.29, 0.717) is 17.0 Å². The molecule has 0 bridgehead atoms. The highest BCUT2D eigenvalue weighted by Gasteiger charge is 2.30. The zero-order valence-corrected chi connectivity index (χ0v) is 12.5. The van der Waals surface area contributed by atoms with Gasteiger partial charge in [-0.25, -0.2) is 0 Å². The molecule has 1 rings (SSSR count). The van der Waals surface area contributed by atoms with E-state index >= 15 is 0 Å². The van der Waals surface area contributed by atoms with Crippen molar-refractivity contribution in [2.75, 3.05) is 13.6 Å². The van der Waals surface area contributed by atoms with E-state index in [2.05, 4.69) is 5.10 Å². The molecule has 5 nitrogen and oxygen atoms in total. The Hall–Kier alpha value is -1.57. The summed E-state index contributed by atoms with van der Waals surface area (Å²) in [5.41, 5.74) is 1.25. The molecule has 120 valence electrons. The monoisotopic (exact) mass is 307 g/mol. The van der Waals surface area contributed by atoms with Gasteiger partial charge in [0, 0.05) is 24.8 Å². The topological polar surface area (TPSA) is 58.4 Å². The molecule has 0 aliphatic carbocycles. The number of aromatic nitrogens is 2. The Bertz CT molecular complexity index is 509. The molecule has 0 aliphatic rings. The number of likely N-dealkylation sites (N-methyl/N-ethyl adjacent to an activating group) is 1. The number of aliphatic hydroxyl groups excluding tert-OH is 1. The predicted molar refractivity (Wildman–Crippen MR) is 70.8 cm³/mol. The maximum absolute atomic E-state index is 12.4. The van der Waals surface area contributed by atoms with Gasteiger partial charge in [-0.05, 0) is 20.8 Å². The zero-order valence-electron chi connectivity index (χ0n) is 12.5. The van der Waals surface area contributed by atoms with E-state index in [4.69, 9.17) is 0 Å². The van der Waals surface area contributed by atoms with Gasteiger partial charge in [-0.2, -0.15) is 18.3 Å². The third kappa shape index (κ3) is 5.04. The average molecular weight is 307 g/mol. The number of aliphatic hydroxyl groups is 1. The maximum Gasteiger partial charge on any atom is 0.408 e. The van der Waals surface area contributed by atoms with Crippen LogP contribution in [0.5, 0.6) is 0 Å². The summed E-state index contributed by atoms with van der Waals surface area (Å²) in [6.45, 7) is 3.66. The van der Waals surface area contributed by atoms with Gasteiger partial charge in [0.2, 0.25) is 5.91 Å². The largest absolute Gasteiger partial charge is 0.408 e. The van der Waals surface area contributed by atoms with Crippen molar-refractivity contribution in [2.45, 2.75) is 46.0 Å². The van der Waals surface area contributed by atoms with Crippen LogP contribution in [-0.4, -0.2) is 51.6 Å². The predicted octanol–water partition coefficient (Wildman–Crippen LogP) is 1.44. The van der Waals surface area contributed by atoms with Gasteiger partial charge >= 0.3 is 6.18 Å². The van der Waals surface area contributed by atoms with Crippen molar-refractivity contribution < 1.29 is 23.1 Å². The van der Waals surface area contributed by atoms with Gasteiger partial charge in [0.25, 0.3) is 0 Å². The van der Waals surface area contributed by atoms with Crippen molar-refractivity contribution >= 4 is 5.91 Å². The minimum absolute atomic E-state index is 0.0290. The fourth-order valence-corrected chi connectivity index (χ4v) is 2.10. The molecule has 0 spiro atoms. The minimum Gasteiger partial charge on any atom is -0.392 e. The maximum atomic E-state index is 12.4. The Balaban J connectivity index is 2.87. The van der Waals surface area contributed by atoms with Crippen molar-refractivity contribution in [1.29, 1.82) is 0 Å². The van der Waals surface area contributed by atoms with Gasteiger partial charge in [-0.3, -0.25) is 9.48 Å². The summed E-state index contributed by atoms with van der Waals surface area (Å²) >= 11 is 0. The molecule has 1 aromatic rings. The fourth-order valence-electron chi connectivity index (χ4n) is 2.10. The first-order chi connectivity index (χ1) is 9.51. The van der Waals surface area contributed by atoms with Gasteiger partial charge < -0.3 is 10.0 Å². The molecule has 0 saturated heterocycles. The van der Waals surface area contributed by atoms with Crippen molar-refractivity contribution in [3.05, 3.63) is 17.0 Å². The second-order valence-corrected chi connectivity index (χ2v) is 5.22. The fraction of sp³-hybridized carbons (Fsp3) is 0.692. The number of hydrogen-bond acceptors (Lipinski definition) is 3. The quantitative estimate of drug-likeness (QED) is 0.895. The van der Waals surface area contributed by atoms with Crippen LogP contribution in [0.2, 0.25) is 0 Å². The lowest BCUT2D eigenvalue weighted by Crippen LogP contribution is -2.34. The third-order valence-corrected chi connectivity index (χ3v) is 3.15. The first kappa shape index (κ1) is 17.5. The molecule has 8 heteroatoms. The van der Waals surface area contributed by atoms with Crippen LogP contribution in [0.1, 0.15) is 23.9 Å². The molecule has 0 saturated carbocycles. The molecule has 0 fully saturated rings. The summed E-state index contributed by atoms with van der Waals surface area (Å²) in [4.78, 5) is 13.4. The van der Waals surface area contributed by atoms with Crippen LogP contribution in [0, 0.1) is 13.8 Å². The zero-order chi connectivity index (χ0) is 16.4. The Kier molecular flexibility index (Phi) is 5.38. The van der Waals surface area contributed by atoms with Gasteiger partial charge in [-0.15, -0.1) is 0 Å². The van der Waals surface area contributed by atoms with Crippen LogP contribution >= 0.6 is 0 Å². The Morgan fingerprint density at radius 1 is 1.43 bits per heavy atom.